The summed E-state index contributed by atoms with van der Waals surface area (Å²) in [7, 11) is -4.08. The first-order chi connectivity index (χ1) is 16.2. The van der Waals surface area contributed by atoms with Crippen molar-refractivity contribution in [2.75, 3.05) is 11.9 Å². The van der Waals surface area contributed by atoms with Crippen LogP contribution in [0, 0.1) is 25.2 Å². The summed E-state index contributed by atoms with van der Waals surface area (Å²) in [6, 6.07) is 19.9. The Morgan fingerprint density at radius 1 is 1.03 bits per heavy atom. The molecule has 0 fully saturated rings. The fourth-order valence-electron chi connectivity index (χ4n) is 3.04. The van der Waals surface area contributed by atoms with E-state index in [-0.39, 0.29) is 28.6 Å². The van der Waals surface area contributed by atoms with Gasteiger partial charge in [-0.2, -0.15) is 13.7 Å². The number of aryl methyl sites for hydroxylation is 2. The number of hydrogen-bond donors (Lipinski definition) is 1. The van der Waals surface area contributed by atoms with Crippen LogP contribution in [0.15, 0.2) is 77.2 Å². The standard InChI is InChI=1S/C26H24N2O5S/c1-4-32-25-16-20(15-21(17-27)26(29)28-23-8-6-5-7-19(23)3)11-14-24(25)33-34(30,31)22-12-9-18(2)10-13-22/h5-16H,4H2,1-3H3,(H,28,29)/b21-15+. The molecular weight excluding hydrogens is 452 g/mol. The minimum absolute atomic E-state index is 0.00226. The molecule has 7 nitrogen and oxygen atoms in total. The van der Waals surface area contributed by atoms with Crippen LogP contribution in [-0.4, -0.2) is 20.9 Å². The van der Waals surface area contributed by atoms with Crippen molar-refractivity contribution in [3.63, 3.8) is 0 Å². The van der Waals surface area contributed by atoms with E-state index in [1.54, 1.807) is 37.3 Å². The van der Waals surface area contributed by atoms with Gasteiger partial charge in [0.2, 0.25) is 0 Å². The Kier molecular flexibility index (Phi) is 7.71. The second-order valence-electron chi connectivity index (χ2n) is 7.43. The average Bonchev–Trinajstić information content (AvgIpc) is 2.81. The molecule has 8 heteroatoms. The van der Waals surface area contributed by atoms with Crippen molar-refractivity contribution in [1.82, 2.24) is 0 Å². The zero-order chi connectivity index (χ0) is 24.7. The third-order valence-corrected chi connectivity index (χ3v) is 6.09. The quantitative estimate of drug-likeness (QED) is 0.278. The first-order valence-corrected chi connectivity index (χ1v) is 11.9. The van der Waals surface area contributed by atoms with Gasteiger partial charge in [-0.1, -0.05) is 42.0 Å². The van der Waals surface area contributed by atoms with Crippen molar-refractivity contribution in [2.24, 2.45) is 0 Å². The number of nitriles is 1. The Morgan fingerprint density at radius 2 is 1.74 bits per heavy atom. The van der Waals surface area contributed by atoms with Gasteiger partial charge in [0.1, 0.15) is 16.5 Å². The van der Waals surface area contributed by atoms with Crippen molar-refractivity contribution in [3.05, 3.63) is 89.0 Å². The first-order valence-electron chi connectivity index (χ1n) is 10.5. The predicted octanol–water partition coefficient (Wildman–Crippen LogP) is 5.02. The molecule has 0 aromatic heterocycles. The highest BCUT2D eigenvalue weighted by Gasteiger charge is 2.20. The maximum Gasteiger partial charge on any atom is 0.339 e. The number of rotatable bonds is 8. The van der Waals surface area contributed by atoms with Crippen LogP contribution in [-0.2, 0) is 14.9 Å². The van der Waals surface area contributed by atoms with E-state index < -0.39 is 16.0 Å². The predicted molar refractivity (Wildman–Crippen MR) is 130 cm³/mol. The summed E-state index contributed by atoms with van der Waals surface area (Å²) in [6.45, 7) is 5.71. The molecule has 0 unspecified atom stereocenters. The van der Waals surface area contributed by atoms with Crippen LogP contribution < -0.4 is 14.2 Å². The third-order valence-electron chi connectivity index (χ3n) is 4.85. The average molecular weight is 477 g/mol. The van der Waals surface area contributed by atoms with Gasteiger partial charge in [-0.3, -0.25) is 4.79 Å². The summed E-state index contributed by atoms with van der Waals surface area (Å²) in [5.74, 6) is -0.386. The zero-order valence-corrected chi connectivity index (χ0v) is 19.8. The van der Waals surface area contributed by atoms with E-state index in [0.29, 0.717) is 11.3 Å². The zero-order valence-electron chi connectivity index (χ0n) is 19.0. The number of amides is 1. The first kappa shape index (κ1) is 24.6. The summed E-state index contributed by atoms with van der Waals surface area (Å²) in [4.78, 5) is 12.6. The minimum atomic E-state index is -4.08. The second kappa shape index (κ2) is 10.7. The summed E-state index contributed by atoms with van der Waals surface area (Å²) >= 11 is 0. The molecule has 0 spiro atoms. The van der Waals surface area contributed by atoms with Gasteiger partial charge in [-0.15, -0.1) is 0 Å². The Labute approximate surface area is 199 Å². The fourth-order valence-corrected chi connectivity index (χ4v) is 3.98. The van der Waals surface area contributed by atoms with Crippen LogP contribution in [0.2, 0.25) is 0 Å². The van der Waals surface area contributed by atoms with Crippen molar-refractivity contribution in [3.8, 4) is 17.6 Å². The molecule has 0 aliphatic heterocycles. The summed E-state index contributed by atoms with van der Waals surface area (Å²) in [5.41, 5.74) is 2.74. The van der Waals surface area contributed by atoms with Gasteiger partial charge < -0.3 is 14.2 Å². The van der Waals surface area contributed by atoms with Crippen LogP contribution in [0.3, 0.4) is 0 Å². The third kappa shape index (κ3) is 6.03. The number of ether oxygens (including phenoxy) is 1. The number of hydrogen-bond acceptors (Lipinski definition) is 6. The molecule has 0 atom stereocenters. The Balaban J connectivity index is 1.88. The lowest BCUT2D eigenvalue weighted by molar-refractivity contribution is -0.112. The molecule has 0 saturated carbocycles. The highest BCUT2D eigenvalue weighted by atomic mass is 32.2. The largest absolute Gasteiger partial charge is 0.490 e. The van der Waals surface area contributed by atoms with Gasteiger partial charge in [0.15, 0.2) is 11.5 Å². The van der Waals surface area contributed by atoms with Crippen LogP contribution in [0.1, 0.15) is 23.6 Å². The van der Waals surface area contributed by atoms with Crippen molar-refractivity contribution < 1.29 is 22.1 Å². The Hall–Kier alpha value is -4.09. The van der Waals surface area contributed by atoms with E-state index in [9.17, 15) is 18.5 Å². The SMILES string of the molecule is CCOc1cc(/C=C(\C#N)C(=O)Nc2ccccc2C)ccc1OS(=O)(=O)c1ccc(C)cc1. The Morgan fingerprint density at radius 3 is 2.38 bits per heavy atom. The van der Waals surface area contributed by atoms with E-state index in [1.165, 1.54) is 30.3 Å². The van der Waals surface area contributed by atoms with Gasteiger partial charge in [0, 0.05) is 5.69 Å². The molecule has 174 valence electrons. The van der Waals surface area contributed by atoms with Gasteiger partial charge in [-0.25, -0.2) is 0 Å². The molecule has 3 aromatic rings. The maximum atomic E-state index is 12.7. The lowest BCUT2D eigenvalue weighted by Crippen LogP contribution is -2.14. The molecule has 34 heavy (non-hydrogen) atoms. The molecular formula is C26H24N2O5S. The normalized spacial score (nSPS) is 11.4. The lowest BCUT2D eigenvalue weighted by atomic mass is 10.1. The molecule has 0 saturated heterocycles. The van der Waals surface area contributed by atoms with E-state index in [0.717, 1.165) is 11.1 Å². The highest BCUT2D eigenvalue weighted by molar-refractivity contribution is 7.87. The van der Waals surface area contributed by atoms with Crippen molar-refractivity contribution in [2.45, 2.75) is 25.7 Å². The van der Waals surface area contributed by atoms with Crippen LogP contribution in [0.4, 0.5) is 5.69 Å². The van der Waals surface area contributed by atoms with Crippen LogP contribution in [0.25, 0.3) is 6.08 Å². The number of carbonyl (C=O) groups is 1. The lowest BCUT2D eigenvalue weighted by Gasteiger charge is -2.13. The van der Waals surface area contributed by atoms with Crippen LogP contribution >= 0.6 is 0 Å². The Bertz CT molecular complexity index is 1370. The summed E-state index contributed by atoms with van der Waals surface area (Å²) in [5, 5.41) is 12.2. The molecule has 1 amide bonds. The molecule has 0 radical (unpaired) electrons. The molecule has 3 aromatic carbocycles. The fraction of sp³-hybridized carbons (Fsp3) is 0.154. The van der Waals surface area contributed by atoms with Gasteiger partial charge in [-0.05, 0) is 68.3 Å². The summed E-state index contributed by atoms with van der Waals surface area (Å²) < 4.78 is 36.2. The van der Waals surface area contributed by atoms with E-state index in [2.05, 4.69) is 5.32 Å². The maximum absolute atomic E-state index is 12.7. The highest BCUT2D eigenvalue weighted by Crippen LogP contribution is 2.32. The summed E-state index contributed by atoms with van der Waals surface area (Å²) in [6.07, 6.45) is 1.40. The molecule has 0 bridgehead atoms. The monoisotopic (exact) mass is 476 g/mol. The van der Waals surface area contributed by atoms with E-state index in [1.807, 2.05) is 32.0 Å². The number of benzene rings is 3. The van der Waals surface area contributed by atoms with E-state index >= 15 is 0 Å². The van der Waals surface area contributed by atoms with Crippen molar-refractivity contribution in [1.29, 1.82) is 5.26 Å². The van der Waals surface area contributed by atoms with Gasteiger partial charge in [0.05, 0.1) is 6.61 Å². The van der Waals surface area contributed by atoms with Crippen LogP contribution in [0.5, 0.6) is 11.5 Å². The molecule has 3 rings (SSSR count). The smallest absolute Gasteiger partial charge is 0.339 e. The topological polar surface area (TPSA) is 105 Å². The molecule has 0 heterocycles. The molecule has 0 aliphatic carbocycles. The minimum Gasteiger partial charge on any atom is -0.490 e. The number of carbonyl (C=O) groups excluding carboxylic acids is 1. The van der Waals surface area contributed by atoms with E-state index in [4.69, 9.17) is 8.92 Å². The second-order valence-corrected chi connectivity index (χ2v) is 8.97. The number of nitrogens with zero attached hydrogens (tertiary/aromatic N) is 1. The van der Waals surface area contributed by atoms with Gasteiger partial charge in [0.25, 0.3) is 5.91 Å². The number of para-hydroxylation sites is 1. The molecule has 0 aliphatic rings. The molecule has 1 N–H and O–H groups in total. The van der Waals surface area contributed by atoms with Crippen molar-refractivity contribution >= 4 is 27.8 Å². The number of anilines is 1. The number of nitrogens with one attached hydrogen (secondary N) is 1. The van der Waals surface area contributed by atoms with Gasteiger partial charge >= 0.3 is 10.1 Å².